The molecule has 3 aromatic heterocycles. The summed E-state index contributed by atoms with van der Waals surface area (Å²) in [6.07, 6.45) is 4.31. The average molecular weight is 439 g/mol. The molecule has 0 aliphatic carbocycles. The van der Waals surface area contributed by atoms with Gasteiger partial charge in [0, 0.05) is 22.8 Å². The van der Waals surface area contributed by atoms with Gasteiger partial charge in [0.05, 0.1) is 16.0 Å². The molecule has 0 saturated heterocycles. The lowest BCUT2D eigenvalue weighted by atomic mass is 10.0. The molecule has 118 valence electrons. The molecule has 0 aromatic carbocycles. The number of fused-ring (bicyclic) bond motifs is 2. The van der Waals surface area contributed by atoms with Crippen molar-refractivity contribution in [2.75, 3.05) is 6.54 Å². The first-order valence-corrected chi connectivity index (χ1v) is 8.85. The van der Waals surface area contributed by atoms with Crippen molar-refractivity contribution in [3.8, 4) is 0 Å². The highest BCUT2D eigenvalue weighted by Crippen LogP contribution is 2.35. The van der Waals surface area contributed by atoms with Crippen LogP contribution in [0.3, 0.4) is 0 Å². The van der Waals surface area contributed by atoms with Gasteiger partial charge in [-0.05, 0) is 63.4 Å². The van der Waals surface area contributed by atoms with Crippen molar-refractivity contribution >= 4 is 43.3 Å². The van der Waals surface area contributed by atoms with Gasteiger partial charge in [0.25, 0.3) is 5.91 Å². The first-order chi connectivity index (χ1) is 11.0. The van der Waals surface area contributed by atoms with E-state index in [0.717, 1.165) is 32.2 Å². The van der Waals surface area contributed by atoms with Gasteiger partial charge in [-0.15, -0.1) is 0 Å². The van der Waals surface area contributed by atoms with Crippen LogP contribution < -0.4 is 0 Å². The number of pyridine rings is 1. The third-order valence-electron chi connectivity index (χ3n) is 4.23. The zero-order chi connectivity index (χ0) is 16.1. The number of furan rings is 1. The van der Waals surface area contributed by atoms with E-state index in [2.05, 4.69) is 37.0 Å². The second-order valence-electron chi connectivity index (χ2n) is 5.60. The number of aromatic nitrogens is 2. The Labute approximate surface area is 149 Å². The fourth-order valence-corrected chi connectivity index (χ4v) is 3.84. The quantitative estimate of drug-likeness (QED) is 0.571. The van der Waals surface area contributed by atoms with Gasteiger partial charge >= 0.3 is 0 Å². The van der Waals surface area contributed by atoms with Crippen LogP contribution in [-0.2, 0) is 6.42 Å². The summed E-state index contributed by atoms with van der Waals surface area (Å²) >= 11 is 6.91. The van der Waals surface area contributed by atoms with E-state index in [4.69, 9.17) is 4.42 Å². The lowest BCUT2D eigenvalue weighted by Crippen LogP contribution is -2.38. The molecule has 7 heteroatoms. The second kappa shape index (κ2) is 5.49. The normalized spacial score (nSPS) is 17.5. The summed E-state index contributed by atoms with van der Waals surface area (Å²) in [6, 6.07) is 5.57. The highest BCUT2D eigenvalue weighted by molar-refractivity contribution is 9.10. The maximum Gasteiger partial charge on any atom is 0.275 e. The minimum atomic E-state index is -0.103. The third kappa shape index (κ3) is 2.42. The first kappa shape index (κ1) is 15.0. The number of halogens is 2. The van der Waals surface area contributed by atoms with Crippen molar-refractivity contribution in [1.29, 1.82) is 0 Å². The molecule has 3 aromatic rings. The molecule has 0 fully saturated rings. The van der Waals surface area contributed by atoms with Crippen LogP contribution in [0.5, 0.6) is 0 Å². The molecule has 1 amide bonds. The summed E-state index contributed by atoms with van der Waals surface area (Å²) in [4.78, 5) is 14.7. The largest absolute Gasteiger partial charge is 0.466 e. The molecule has 1 atom stereocenters. The Morgan fingerprint density at radius 1 is 1.39 bits per heavy atom. The SMILES string of the molecule is CC1c2occ(Br)c2CCN1C(=O)c1cc2ccc(Br)cn2n1. The van der Waals surface area contributed by atoms with Gasteiger partial charge in [0.2, 0.25) is 0 Å². The monoisotopic (exact) mass is 437 g/mol. The standard InChI is InChI=1S/C16H13Br2N3O2/c1-9-15-12(13(18)8-23-15)4-5-20(9)16(22)14-6-11-3-2-10(17)7-21(11)19-14/h2-3,6-9H,4-5H2,1H3. The molecular weight excluding hydrogens is 426 g/mol. The molecule has 1 aliphatic heterocycles. The number of hydrogen-bond donors (Lipinski definition) is 0. The van der Waals surface area contributed by atoms with Gasteiger partial charge in [-0.2, -0.15) is 5.10 Å². The van der Waals surface area contributed by atoms with Crippen LogP contribution in [0.4, 0.5) is 0 Å². The van der Waals surface area contributed by atoms with E-state index in [0.29, 0.717) is 12.2 Å². The number of carbonyl (C=O) groups excluding carboxylic acids is 1. The molecule has 4 rings (SSSR count). The molecule has 5 nitrogen and oxygen atoms in total. The van der Waals surface area contributed by atoms with E-state index in [9.17, 15) is 4.79 Å². The van der Waals surface area contributed by atoms with Crippen LogP contribution in [0.1, 0.15) is 34.8 Å². The molecule has 0 saturated carbocycles. The van der Waals surface area contributed by atoms with Crippen LogP contribution in [0.25, 0.3) is 5.52 Å². The second-order valence-corrected chi connectivity index (χ2v) is 7.37. The lowest BCUT2D eigenvalue weighted by molar-refractivity contribution is 0.0646. The van der Waals surface area contributed by atoms with Crippen LogP contribution in [0, 0.1) is 0 Å². The van der Waals surface area contributed by atoms with Gasteiger partial charge in [-0.1, -0.05) is 0 Å². The molecule has 1 aliphatic rings. The van der Waals surface area contributed by atoms with E-state index in [-0.39, 0.29) is 11.9 Å². The maximum atomic E-state index is 12.9. The highest BCUT2D eigenvalue weighted by Gasteiger charge is 2.33. The topological polar surface area (TPSA) is 50.8 Å². The van der Waals surface area contributed by atoms with Crippen molar-refractivity contribution in [3.63, 3.8) is 0 Å². The Hall–Kier alpha value is -1.60. The van der Waals surface area contributed by atoms with E-state index < -0.39 is 0 Å². The molecule has 1 unspecified atom stereocenters. The fourth-order valence-electron chi connectivity index (χ4n) is 3.03. The first-order valence-electron chi connectivity index (χ1n) is 7.26. The summed E-state index contributed by atoms with van der Waals surface area (Å²) in [5.41, 5.74) is 2.49. The zero-order valence-corrected chi connectivity index (χ0v) is 15.5. The average Bonchev–Trinajstić information content (AvgIpc) is 3.11. The van der Waals surface area contributed by atoms with Crippen LogP contribution >= 0.6 is 31.9 Å². The van der Waals surface area contributed by atoms with Crippen LogP contribution in [0.15, 0.2) is 44.0 Å². The summed E-state index contributed by atoms with van der Waals surface area (Å²) in [5.74, 6) is 0.776. The zero-order valence-electron chi connectivity index (χ0n) is 12.3. The van der Waals surface area contributed by atoms with Gasteiger partial charge in [-0.25, -0.2) is 4.52 Å². The molecule has 0 N–H and O–H groups in total. The van der Waals surface area contributed by atoms with Crippen molar-refractivity contribution in [1.82, 2.24) is 14.5 Å². The smallest absolute Gasteiger partial charge is 0.275 e. The van der Waals surface area contributed by atoms with E-state index >= 15 is 0 Å². The molecule has 0 bridgehead atoms. The van der Waals surface area contributed by atoms with Gasteiger partial charge in [0.1, 0.15) is 12.0 Å². The number of hydrogen-bond acceptors (Lipinski definition) is 3. The van der Waals surface area contributed by atoms with Crippen molar-refractivity contribution in [2.45, 2.75) is 19.4 Å². The number of nitrogens with zero attached hydrogens (tertiary/aromatic N) is 3. The summed E-state index contributed by atoms with van der Waals surface area (Å²) in [7, 11) is 0. The summed E-state index contributed by atoms with van der Waals surface area (Å²) < 4.78 is 9.22. The minimum absolute atomic E-state index is 0.0736. The van der Waals surface area contributed by atoms with Gasteiger partial charge < -0.3 is 9.32 Å². The molecular formula is C16H13Br2N3O2. The Morgan fingerprint density at radius 2 is 2.22 bits per heavy atom. The minimum Gasteiger partial charge on any atom is -0.466 e. The lowest BCUT2D eigenvalue weighted by Gasteiger charge is -2.32. The summed E-state index contributed by atoms with van der Waals surface area (Å²) in [5, 5.41) is 4.40. The Bertz CT molecular complexity index is 915. The number of carbonyl (C=O) groups is 1. The van der Waals surface area contributed by atoms with Gasteiger partial charge in [0.15, 0.2) is 5.69 Å². The summed E-state index contributed by atoms with van der Waals surface area (Å²) in [6.45, 7) is 2.64. The third-order valence-corrected chi connectivity index (χ3v) is 5.36. The molecule has 23 heavy (non-hydrogen) atoms. The van der Waals surface area contributed by atoms with E-state index in [1.165, 1.54) is 0 Å². The molecule has 0 radical (unpaired) electrons. The van der Waals surface area contributed by atoms with E-state index in [1.807, 2.05) is 36.2 Å². The number of amides is 1. The molecule has 0 spiro atoms. The predicted octanol–water partition coefficient (Wildman–Crippen LogP) is 4.21. The van der Waals surface area contributed by atoms with E-state index in [1.54, 1.807) is 10.8 Å². The van der Waals surface area contributed by atoms with Gasteiger partial charge in [-0.3, -0.25) is 4.79 Å². The Balaban J connectivity index is 1.68. The number of rotatable bonds is 1. The Kier molecular flexibility index (Phi) is 3.57. The predicted molar refractivity (Wildman–Crippen MR) is 92.5 cm³/mol. The fraction of sp³-hybridized carbons (Fsp3) is 0.250. The highest BCUT2D eigenvalue weighted by atomic mass is 79.9. The van der Waals surface area contributed by atoms with Crippen molar-refractivity contribution in [3.05, 3.63) is 56.6 Å². The Morgan fingerprint density at radius 3 is 3.04 bits per heavy atom. The van der Waals surface area contributed by atoms with Crippen LogP contribution in [0.2, 0.25) is 0 Å². The molecule has 4 heterocycles. The maximum absolute atomic E-state index is 12.9. The van der Waals surface area contributed by atoms with Crippen molar-refractivity contribution < 1.29 is 9.21 Å². The van der Waals surface area contributed by atoms with Crippen LogP contribution in [-0.4, -0.2) is 27.0 Å². The van der Waals surface area contributed by atoms with Crippen molar-refractivity contribution in [2.24, 2.45) is 0 Å².